The molecule has 2 N–H and O–H groups in total. The average Bonchev–Trinajstić information content (AvgIpc) is 2.80. The van der Waals surface area contributed by atoms with Gasteiger partial charge in [0, 0.05) is 12.1 Å². The monoisotopic (exact) mass is 482 g/mol. The van der Waals surface area contributed by atoms with Crippen LogP contribution in [0.3, 0.4) is 0 Å². The van der Waals surface area contributed by atoms with Crippen LogP contribution < -0.4 is 4.74 Å². The molecule has 0 saturated carbocycles. The molecule has 0 bridgehead atoms. The summed E-state index contributed by atoms with van der Waals surface area (Å²) in [6.45, 7) is 15.1. The van der Waals surface area contributed by atoms with Gasteiger partial charge in [0.1, 0.15) is 5.75 Å². The Kier molecular flexibility index (Phi) is 8.23. The van der Waals surface area contributed by atoms with Gasteiger partial charge in [0.15, 0.2) is 0 Å². The fourth-order valence-electron chi connectivity index (χ4n) is 4.42. The Bertz CT molecular complexity index is 1140. The second-order valence-electron chi connectivity index (χ2n) is 12.0. The summed E-state index contributed by atoms with van der Waals surface area (Å²) in [5.41, 5.74) is 9.45. The number of nitrogens with one attached hydrogen (secondary N) is 2. The van der Waals surface area contributed by atoms with E-state index in [0.29, 0.717) is 17.8 Å². The van der Waals surface area contributed by atoms with E-state index in [2.05, 4.69) is 102 Å². The topological polar surface area (TPSA) is 56.9 Å². The zero-order valence-electron chi connectivity index (χ0n) is 23.3. The number of benzene rings is 3. The first kappa shape index (κ1) is 27.4. The van der Waals surface area contributed by atoms with Crippen molar-refractivity contribution >= 4 is 11.4 Å². The molecule has 0 aliphatic rings. The third-order valence-corrected chi connectivity index (χ3v) is 6.88. The Hall–Kier alpha value is -3.20. The minimum Gasteiger partial charge on any atom is -0.497 e. The van der Waals surface area contributed by atoms with E-state index in [9.17, 15) is 0 Å². The standard InChI is InChI=1S/C33H42N2O/c1-22(34)31(35)21-30-25(17-23-9-13-27(14-10-23)32(2,3)4)19-29(36-8)20-26(30)18-24-11-15-28(16-12-24)33(5,6)7/h9-16,19-20,34-35H,17-18,21H2,1-8H3. The molecule has 0 aliphatic heterocycles. The third-order valence-electron chi connectivity index (χ3n) is 6.88. The molecule has 36 heavy (non-hydrogen) atoms. The maximum absolute atomic E-state index is 8.47. The zero-order valence-corrected chi connectivity index (χ0v) is 23.3. The van der Waals surface area contributed by atoms with Crippen LogP contribution in [0.1, 0.15) is 87.4 Å². The molecular weight excluding hydrogens is 440 g/mol. The molecule has 0 radical (unpaired) electrons. The fraction of sp³-hybridized carbons (Fsp3) is 0.394. The highest BCUT2D eigenvalue weighted by Gasteiger charge is 2.18. The molecule has 3 rings (SSSR count). The molecule has 190 valence electrons. The van der Waals surface area contributed by atoms with E-state index in [4.69, 9.17) is 15.6 Å². The minimum absolute atomic E-state index is 0.117. The van der Waals surface area contributed by atoms with Gasteiger partial charge in [-0.1, -0.05) is 90.1 Å². The first-order valence-electron chi connectivity index (χ1n) is 12.8. The van der Waals surface area contributed by atoms with Gasteiger partial charge in [0.2, 0.25) is 0 Å². The molecule has 0 fully saturated rings. The van der Waals surface area contributed by atoms with E-state index in [0.717, 1.165) is 35.3 Å². The molecule has 0 saturated heterocycles. The lowest BCUT2D eigenvalue weighted by Gasteiger charge is -2.21. The Balaban J connectivity index is 2.04. The summed E-state index contributed by atoms with van der Waals surface area (Å²) in [5, 5.41) is 16.5. The summed E-state index contributed by atoms with van der Waals surface area (Å²) in [4.78, 5) is 0. The molecule has 0 aromatic heterocycles. The summed E-state index contributed by atoms with van der Waals surface area (Å²) < 4.78 is 5.71. The van der Waals surface area contributed by atoms with Gasteiger partial charge in [-0.15, -0.1) is 0 Å². The normalized spacial score (nSPS) is 11.9. The highest BCUT2D eigenvalue weighted by Crippen LogP contribution is 2.30. The number of hydrogen-bond donors (Lipinski definition) is 2. The summed E-state index contributed by atoms with van der Waals surface area (Å²) in [5.74, 6) is 0.833. The lowest BCUT2D eigenvalue weighted by Crippen LogP contribution is -2.15. The molecular formula is C33H42N2O. The lowest BCUT2D eigenvalue weighted by molar-refractivity contribution is 0.413. The van der Waals surface area contributed by atoms with Gasteiger partial charge >= 0.3 is 0 Å². The van der Waals surface area contributed by atoms with Gasteiger partial charge in [-0.25, -0.2) is 0 Å². The quantitative estimate of drug-likeness (QED) is 0.313. The Morgan fingerprint density at radius 3 is 1.39 bits per heavy atom. The van der Waals surface area contributed by atoms with Gasteiger partial charge in [0.25, 0.3) is 0 Å². The van der Waals surface area contributed by atoms with E-state index in [1.165, 1.54) is 22.3 Å². The summed E-state index contributed by atoms with van der Waals surface area (Å²) >= 11 is 0. The van der Waals surface area contributed by atoms with E-state index in [1.54, 1.807) is 14.0 Å². The first-order chi connectivity index (χ1) is 16.8. The van der Waals surface area contributed by atoms with Crippen molar-refractivity contribution in [3.8, 4) is 5.75 Å². The summed E-state index contributed by atoms with van der Waals surface area (Å²) in [6, 6.07) is 21.9. The first-order valence-corrected chi connectivity index (χ1v) is 12.8. The van der Waals surface area contributed by atoms with Crippen molar-refractivity contribution in [2.75, 3.05) is 7.11 Å². The minimum atomic E-state index is 0.117. The van der Waals surface area contributed by atoms with Crippen LogP contribution in [0.4, 0.5) is 0 Å². The second kappa shape index (κ2) is 10.8. The molecule has 3 aromatic rings. The van der Waals surface area contributed by atoms with Crippen molar-refractivity contribution < 1.29 is 4.74 Å². The van der Waals surface area contributed by atoms with Crippen LogP contribution in [0.2, 0.25) is 0 Å². The molecule has 0 amide bonds. The molecule has 0 unspecified atom stereocenters. The SMILES string of the molecule is COc1cc(Cc2ccc(C(C)(C)C)cc2)c(CC(=N)C(C)=N)c(Cc2ccc(C(C)(C)C)cc2)c1. The van der Waals surface area contributed by atoms with E-state index in [-0.39, 0.29) is 10.8 Å². The molecule has 0 atom stereocenters. The van der Waals surface area contributed by atoms with Gasteiger partial charge in [-0.2, -0.15) is 0 Å². The number of rotatable bonds is 8. The van der Waals surface area contributed by atoms with Crippen LogP contribution in [-0.4, -0.2) is 18.5 Å². The Morgan fingerprint density at radius 1 is 0.694 bits per heavy atom. The molecule has 0 spiro atoms. The Labute approximate surface area is 218 Å². The van der Waals surface area contributed by atoms with Crippen LogP contribution >= 0.6 is 0 Å². The smallest absolute Gasteiger partial charge is 0.119 e. The van der Waals surface area contributed by atoms with E-state index >= 15 is 0 Å². The average molecular weight is 483 g/mol. The van der Waals surface area contributed by atoms with Crippen molar-refractivity contribution in [2.24, 2.45) is 0 Å². The zero-order chi connectivity index (χ0) is 26.7. The molecule has 0 aliphatic carbocycles. The second-order valence-corrected chi connectivity index (χ2v) is 12.0. The van der Waals surface area contributed by atoms with Crippen LogP contribution in [0.25, 0.3) is 0 Å². The molecule has 3 nitrogen and oxygen atoms in total. The number of hydrogen-bond acceptors (Lipinski definition) is 3. The van der Waals surface area contributed by atoms with Gasteiger partial charge in [-0.3, -0.25) is 0 Å². The highest BCUT2D eigenvalue weighted by molar-refractivity contribution is 6.39. The third kappa shape index (κ3) is 6.94. The lowest BCUT2D eigenvalue weighted by atomic mass is 9.84. The molecule has 3 heteroatoms. The van der Waals surface area contributed by atoms with Crippen LogP contribution in [0.15, 0.2) is 60.7 Å². The van der Waals surface area contributed by atoms with Crippen molar-refractivity contribution in [3.05, 3.63) is 99.6 Å². The maximum Gasteiger partial charge on any atom is 0.119 e. The highest BCUT2D eigenvalue weighted by atomic mass is 16.5. The van der Waals surface area contributed by atoms with Crippen molar-refractivity contribution in [1.29, 1.82) is 10.8 Å². The van der Waals surface area contributed by atoms with Crippen molar-refractivity contribution in [2.45, 2.75) is 78.6 Å². The van der Waals surface area contributed by atoms with Crippen molar-refractivity contribution in [3.63, 3.8) is 0 Å². The molecule has 3 aromatic carbocycles. The van der Waals surface area contributed by atoms with Gasteiger partial charge < -0.3 is 15.6 Å². The maximum atomic E-state index is 8.47. The van der Waals surface area contributed by atoms with Crippen LogP contribution in [0.5, 0.6) is 5.75 Å². The summed E-state index contributed by atoms with van der Waals surface area (Å²) in [6.07, 6.45) is 1.97. The number of ether oxygens (including phenoxy) is 1. The van der Waals surface area contributed by atoms with Crippen molar-refractivity contribution in [1.82, 2.24) is 0 Å². The number of methoxy groups -OCH3 is 1. The van der Waals surface area contributed by atoms with E-state index in [1.807, 2.05) is 0 Å². The Morgan fingerprint density at radius 2 is 1.08 bits per heavy atom. The van der Waals surface area contributed by atoms with Gasteiger partial charge in [-0.05, 0) is 81.7 Å². The largest absolute Gasteiger partial charge is 0.497 e. The molecule has 0 heterocycles. The van der Waals surface area contributed by atoms with Crippen LogP contribution in [0, 0.1) is 10.8 Å². The fourth-order valence-corrected chi connectivity index (χ4v) is 4.42. The predicted molar refractivity (Wildman–Crippen MR) is 154 cm³/mol. The van der Waals surface area contributed by atoms with Crippen LogP contribution in [-0.2, 0) is 30.1 Å². The van der Waals surface area contributed by atoms with Gasteiger partial charge in [0.05, 0.1) is 12.8 Å². The van der Waals surface area contributed by atoms with E-state index < -0.39 is 0 Å². The summed E-state index contributed by atoms with van der Waals surface area (Å²) in [7, 11) is 1.71. The predicted octanol–water partition coefficient (Wildman–Crippen LogP) is 8.07.